The van der Waals surface area contributed by atoms with Crippen LogP contribution in [0.25, 0.3) is 0 Å². The first-order chi connectivity index (χ1) is 11.0. The highest BCUT2D eigenvalue weighted by molar-refractivity contribution is 5.97. The van der Waals surface area contributed by atoms with E-state index in [1.807, 2.05) is 6.92 Å². The number of anilines is 1. The van der Waals surface area contributed by atoms with Crippen LogP contribution in [0.4, 0.5) is 5.69 Å². The van der Waals surface area contributed by atoms with Crippen LogP contribution in [-0.4, -0.2) is 25.0 Å². The van der Waals surface area contributed by atoms with Gasteiger partial charge in [-0.05, 0) is 43.0 Å². The van der Waals surface area contributed by atoms with Crippen LogP contribution in [0.15, 0.2) is 18.2 Å². The fraction of sp³-hybridized carbons (Fsp3) is 0.556. The van der Waals surface area contributed by atoms with Crippen molar-refractivity contribution < 1.29 is 14.3 Å². The van der Waals surface area contributed by atoms with Gasteiger partial charge in [-0.2, -0.15) is 0 Å². The Bertz CT molecular complexity index is 565. The average Bonchev–Trinajstić information content (AvgIpc) is 2.56. The van der Waals surface area contributed by atoms with Crippen LogP contribution in [-0.2, 0) is 9.53 Å². The summed E-state index contributed by atoms with van der Waals surface area (Å²) >= 11 is 0. The number of benzene rings is 1. The van der Waals surface area contributed by atoms with E-state index in [2.05, 4.69) is 5.32 Å². The molecule has 0 bridgehead atoms. The number of nitrogens with two attached hydrogens (primary N) is 1. The highest BCUT2D eigenvalue weighted by Crippen LogP contribution is 2.27. The summed E-state index contributed by atoms with van der Waals surface area (Å²) in [4.78, 5) is 24.4. The van der Waals surface area contributed by atoms with Gasteiger partial charge in [-0.3, -0.25) is 4.79 Å². The number of hydrogen-bond donors (Lipinski definition) is 2. The number of aryl methyl sites for hydroxylation is 1. The molecule has 126 valence electrons. The van der Waals surface area contributed by atoms with Crippen LogP contribution < -0.4 is 11.1 Å². The molecule has 0 heterocycles. The molecule has 0 unspecified atom stereocenters. The topological polar surface area (TPSA) is 81.4 Å². The van der Waals surface area contributed by atoms with Crippen molar-refractivity contribution in [2.75, 3.05) is 12.8 Å². The Morgan fingerprint density at radius 3 is 2.61 bits per heavy atom. The van der Waals surface area contributed by atoms with Gasteiger partial charge in [0.25, 0.3) is 5.91 Å². The smallest absolute Gasteiger partial charge is 0.328 e. The molecule has 0 spiro atoms. The van der Waals surface area contributed by atoms with Crippen molar-refractivity contribution in [2.45, 2.75) is 51.5 Å². The number of carbonyl (C=O) groups is 2. The first kappa shape index (κ1) is 17.3. The molecule has 0 saturated heterocycles. The van der Waals surface area contributed by atoms with Gasteiger partial charge < -0.3 is 15.8 Å². The molecule has 5 nitrogen and oxygen atoms in total. The Labute approximate surface area is 137 Å². The minimum atomic E-state index is -0.589. The zero-order valence-electron chi connectivity index (χ0n) is 13.9. The minimum Gasteiger partial charge on any atom is -0.467 e. The number of amides is 1. The van der Waals surface area contributed by atoms with Crippen LogP contribution in [0, 0.1) is 12.8 Å². The van der Waals surface area contributed by atoms with Crippen LogP contribution >= 0.6 is 0 Å². The van der Waals surface area contributed by atoms with Gasteiger partial charge in [0.1, 0.15) is 6.04 Å². The lowest BCUT2D eigenvalue weighted by Gasteiger charge is -2.25. The van der Waals surface area contributed by atoms with Gasteiger partial charge in [0, 0.05) is 11.3 Å². The second-order valence-corrected chi connectivity index (χ2v) is 6.36. The number of carbonyl (C=O) groups excluding carboxylic acids is 2. The molecular weight excluding hydrogens is 292 g/mol. The summed E-state index contributed by atoms with van der Waals surface area (Å²) in [6, 6.07) is 4.53. The summed E-state index contributed by atoms with van der Waals surface area (Å²) in [6.07, 6.45) is 6.53. The maximum Gasteiger partial charge on any atom is 0.328 e. The lowest BCUT2D eigenvalue weighted by Crippen LogP contribution is -2.43. The zero-order chi connectivity index (χ0) is 16.8. The third-order valence-corrected chi connectivity index (χ3v) is 4.62. The third kappa shape index (κ3) is 4.71. The van der Waals surface area contributed by atoms with Crippen molar-refractivity contribution in [2.24, 2.45) is 5.92 Å². The van der Waals surface area contributed by atoms with Crippen LogP contribution in [0.5, 0.6) is 0 Å². The Hall–Kier alpha value is -2.04. The van der Waals surface area contributed by atoms with Crippen LogP contribution in [0.3, 0.4) is 0 Å². The van der Waals surface area contributed by atoms with E-state index in [0.717, 1.165) is 18.4 Å². The molecular formula is C18H26N2O3. The Morgan fingerprint density at radius 2 is 2.00 bits per heavy atom. The number of methoxy groups -OCH3 is 1. The summed E-state index contributed by atoms with van der Waals surface area (Å²) in [5.74, 6) is -0.170. The van der Waals surface area contributed by atoms with E-state index in [4.69, 9.17) is 10.5 Å². The molecule has 1 fully saturated rings. The van der Waals surface area contributed by atoms with Gasteiger partial charge in [-0.25, -0.2) is 4.79 Å². The Kier molecular flexibility index (Phi) is 6.02. The lowest BCUT2D eigenvalue weighted by molar-refractivity contribution is -0.143. The highest BCUT2D eigenvalue weighted by atomic mass is 16.5. The molecule has 1 aliphatic rings. The number of ether oxygens (including phenoxy) is 1. The van der Waals surface area contributed by atoms with Crippen molar-refractivity contribution in [3.05, 3.63) is 29.3 Å². The monoisotopic (exact) mass is 318 g/mol. The van der Waals surface area contributed by atoms with Crippen LogP contribution in [0.2, 0.25) is 0 Å². The van der Waals surface area contributed by atoms with Gasteiger partial charge in [-0.1, -0.05) is 32.1 Å². The van der Waals surface area contributed by atoms with E-state index in [0.29, 0.717) is 23.6 Å². The quantitative estimate of drug-likeness (QED) is 0.646. The van der Waals surface area contributed by atoms with E-state index in [1.165, 1.54) is 26.4 Å². The molecule has 1 aromatic rings. The molecule has 23 heavy (non-hydrogen) atoms. The fourth-order valence-corrected chi connectivity index (χ4v) is 3.17. The molecule has 0 aromatic heterocycles. The highest BCUT2D eigenvalue weighted by Gasteiger charge is 2.26. The van der Waals surface area contributed by atoms with E-state index in [9.17, 15) is 9.59 Å². The van der Waals surface area contributed by atoms with Gasteiger partial charge in [0.05, 0.1) is 7.11 Å². The Balaban J connectivity index is 2.05. The first-order valence-electron chi connectivity index (χ1n) is 8.26. The number of rotatable bonds is 5. The van der Waals surface area contributed by atoms with E-state index < -0.39 is 6.04 Å². The summed E-state index contributed by atoms with van der Waals surface area (Å²) in [7, 11) is 1.36. The predicted octanol–water partition coefficient (Wildman–Crippen LogP) is 2.82. The molecule has 5 heteroatoms. The van der Waals surface area contributed by atoms with Gasteiger partial charge in [0.2, 0.25) is 0 Å². The second kappa shape index (κ2) is 7.99. The van der Waals surface area contributed by atoms with E-state index >= 15 is 0 Å². The summed E-state index contributed by atoms with van der Waals surface area (Å²) in [5.41, 5.74) is 7.78. The molecule has 1 atom stereocenters. The molecule has 1 aliphatic carbocycles. The van der Waals surface area contributed by atoms with E-state index in [-0.39, 0.29) is 11.9 Å². The van der Waals surface area contributed by atoms with Crippen LogP contribution in [0.1, 0.15) is 54.4 Å². The minimum absolute atomic E-state index is 0.265. The van der Waals surface area contributed by atoms with Crippen molar-refractivity contribution in [3.63, 3.8) is 0 Å². The summed E-state index contributed by atoms with van der Waals surface area (Å²) < 4.78 is 4.86. The zero-order valence-corrected chi connectivity index (χ0v) is 13.9. The fourth-order valence-electron chi connectivity index (χ4n) is 3.17. The normalized spacial score (nSPS) is 16.6. The van der Waals surface area contributed by atoms with Crippen molar-refractivity contribution >= 4 is 17.6 Å². The summed E-state index contributed by atoms with van der Waals surface area (Å²) in [5, 5.41) is 2.82. The van der Waals surface area contributed by atoms with Gasteiger partial charge in [0.15, 0.2) is 0 Å². The molecule has 0 aliphatic heterocycles. The lowest BCUT2D eigenvalue weighted by atomic mass is 9.84. The van der Waals surface area contributed by atoms with E-state index in [1.54, 1.807) is 18.2 Å². The second-order valence-electron chi connectivity index (χ2n) is 6.36. The van der Waals surface area contributed by atoms with Crippen molar-refractivity contribution in [1.29, 1.82) is 0 Å². The van der Waals surface area contributed by atoms with Gasteiger partial charge in [-0.15, -0.1) is 0 Å². The standard InChI is InChI=1S/C18H26N2O3/c1-12-10-14(8-9-15(12)19)17(21)20-16(18(22)23-2)11-13-6-4-3-5-7-13/h8-10,13,16H,3-7,11,19H2,1-2H3,(H,20,21)/t16-/m1/s1. The van der Waals surface area contributed by atoms with Gasteiger partial charge >= 0.3 is 5.97 Å². The molecule has 3 N–H and O–H groups in total. The van der Waals surface area contributed by atoms with Crippen molar-refractivity contribution in [1.82, 2.24) is 5.32 Å². The predicted molar refractivity (Wildman–Crippen MR) is 90.1 cm³/mol. The molecule has 1 amide bonds. The maximum atomic E-state index is 12.4. The Morgan fingerprint density at radius 1 is 1.30 bits per heavy atom. The molecule has 1 aromatic carbocycles. The number of nitrogens with one attached hydrogen (secondary N) is 1. The average molecular weight is 318 g/mol. The molecule has 2 rings (SSSR count). The maximum absolute atomic E-state index is 12.4. The largest absolute Gasteiger partial charge is 0.467 e. The molecule has 1 saturated carbocycles. The number of esters is 1. The summed E-state index contributed by atoms with van der Waals surface area (Å²) in [6.45, 7) is 1.85. The van der Waals surface area contributed by atoms with Crippen molar-refractivity contribution in [3.8, 4) is 0 Å². The number of hydrogen-bond acceptors (Lipinski definition) is 4. The third-order valence-electron chi connectivity index (χ3n) is 4.62. The first-order valence-corrected chi connectivity index (χ1v) is 8.26. The number of nitrogen functional groups attached to an aromatic ring is 1. The molecule has 0 radical (unpaired) electrons. The SMILES string of the molecule is COC(=O)[C@@H](CC1CCCCC1)NC(=O)c1ccc(N)c(C)c1.